The largest absolute Gasteiger partial charge is 0.491 e. The third-order valence-corrected chi connectivity index (χ3v) is 7.75. The van der Waals surface area contributed by atoms with E-state index in [4.69, 9.17) is 9.47 Å². The molecule has 0 saturated heterocycles. The van der Waals surface area contributed by atoms with E-state index in [1.54, 1.807) is 48.7 Å². The van der Waals surface area contributed by atoms with E-state index in [2.05, 4.69) is 15.1 Å². The van der Waals surface area contributed by atoms with Crippen LogP contribution in [0.3, 0.4) is 0 Å². The smallest absolute Gasteiger partial charge is 0.269 e. The van der Waals surface area contributed by atoms with Crippen molar-refractivity contribution in [1.82, 2.24) is 18.5 Å². The van der Waals surface area contributed by atoms with Gasteiger partial charge in [-0.05, 0) is 31.2 Å². The molecule has 11 heteroatoms. The highest BCUT2D eigenvalue weighted by atomic mass is 32.2. The molecule has 1 N–H and O–H groups in total. The van der Waals surface area contributed by atoms with Gasteiger partial charge in [-0.2, -0.15) is 0 Å². The van der Waals surface area contributed by atoms with E-state index in [9.17, 15) is 13.6 Å². The zero-order valence-corrected chi connectivity index (χ0v) is 20.8. The van der Waals surface area contributed by atoms with E-state index in [0.29, 0.717) is 33.5 Å². The number of oxime groups is 1. The first-order valence-electron chi connectivity index (χ1n) is 10.9. The fourth-order valence-corrected chi connectivity index (χ4v) is 5.73. The predicted octanol–water partition coefficient (Wildman–Crippen LogP) is 3.96. The van der Waals surface area contributed by atoms with Gasteiger partial charge in [0.2, 0.25) is 0 Å². The van der Waals surface area contributed by atoms with Crippen LogP contribution < -0.4 is 9.47 Å². The first kappa shape index (κ1) is 23.4. The normalized spacial score (nSPS) is 12.1. The lowest BCUT2D eigenvalue weighted by Crippen LogP contribution is -2.15. The maximum absolute atomic E-state index is 14.0. The number of ether oxygens (including phenoxy) is 2. The maximum atomic E-state index is 14.0. The number of pyridine rings is 2. The summed E-state index contributed by atoms with van der Waals surface area (Å²) in [6, 6.07) is 11.7. The molecule has 4 aromatic heterocycles. The first-order valence-corrected chi connectivity index (χ1v) is 12.3. The van der Waals surface area contributed by atoms with Gasteiger partial charge < -0.3 is 19.2 Å². The summed E-state index contributed by atoms with van der Waals surface area (Å²) >= 11 is 0. The number of aryl methyl sites for hydroxylation is 2. The molecule has 0 aliphatic carbocycles. The number of aromatic nitrogens is 4. The molecule has 0 atom stereocenters. The van der Waals surface area contributed by atoms with E-state index >= 15 is 0 Å². The molecule has 4 heterocycles. The van der Waals surface area contributed by atoms with Gasteiger partial charge in [0.05, 0.1) is 36.5 Å². The number of fused-ring (bicyclic) bond motifs is 2. The van der Waals surface area contributed by atoms with Crippen molar-refractivity contribution < 1.29 is 23.1 Å². The van der Waals surface area contributed by atoms with Gasteiger partial charge in [0, 0.05) is 42.0 Å². The second-order valence-corrected chi connectivity index (χ2v) is 10.0. The minimum absolute atomic E-state index is 0.113. The van der Waals surface area contributed by atoms with E-state index in [-0.39, 0.29) is 16.4 Å². The van der Waals surface area contributed by atoms with Crippen molar-refractivity contribution >= 4 is 38.3 Å². The van der Waals surface area contributed by atoms with Crippen molar-refractivity contribution in [3.63, 3.8) is 0 Å². The fraction of sp³-hybridized carbons (Fsp3) is 0.160. The van der Waals surface area contributed by atoms with Gasteiger partial charge in [-0.1, -0.05) is 22.9 Å². The number of hydrogen-bond acceptors (Lipinski definition) is 8. The van der Waals surface area contributed by atoms with Crippen molar-refractivity contribution in [2.75, 3.05) is 14.2 Å². The summed E-state index contributed by atoms with van der Waals surface area (Å²) in [5.41, 5.74) is 3.78. The number of hydrogen-bond donors (Lipinski definition) is 1. The molecule has 1 aromatic carbocycles. The van der Waals surface area contributed by atoms with Crippen LogP contribution in [0.2, 0.25) is 0 Å². The highest BCUT2D eigenvalue weighted by Gasteiger charge is 2.28. The number of benzene rings is 1. The second-order valence-electron chi connectivity index (χ2n) is 8.22. The molecule has 5 rings (SSSR count). The topological polar surface area (TPSA) is 121 Å². The maximum Gasteiger partial charge on any atom is 0.269 e. The van der Waals surface area contributed by atoms with Gasteiger partial charge in [-0.25, -0.2) is 22.4 Å². The molecule has 0 bridgehead atoms. The quantitative estimate of drug-likeness (QED) is 0.211. The highest BCUT2D eigenvalue weighted by Crippen LogP contribution is 2.39. The fourth-order valence-electron chi connectivity index (χ4n) is 4.26. The summed E-state index contributed by atoms with van der Waals surface area (Å²) in [7, 11) is 0.767. The molecule has 0 radical (unpaired) electrons. The van der Waals surface area contributed by atoms with Gasteiger partial charge in [0.25, 0.3) is 15.9 Å². The average molecular weight is 506 g/mol. The zero-order valence-electron chi connectivity index (χ0n) is 20.0. The minimum Gasteiger partial charge on any atom is -0.491 e. The van der Waals surface area contributed by atoms with Crippen LogP contribution in [0.15, 0.2) is 64.9 Å². The Kier molecular flexibility index (Phi) is 5.64. The molecule has 10 nitrogen and oxygen atoms in total. The Morgan fingerprint density at radius 1 is 1.08 bits per heavy atom. The first-order chi connectivity index (χ1) is 17.3. The van der Waals surface area contributed by atoms with E-state index in [1.807, 2.05) is 18.5 Å². The van der Waals surface area contributed by atoms with E-state index < -0.39 is 10.0 Å². The van der Waals surface area contributed by atoms with Crippen molar-refractivity contribution in [1.29, 1.82) is 0 Å². The molecule has 0 aliphatic heterocycles. The standard InChI is InChI=1S/C25H23N5O5S/c1-15-5-7-17(8-6-15)36(32,33)30-20(11-18-16(13-27-31)9-10-26-24(18)30)19-14-29(2)21-12-22(34-3)25(35-4)28-23(19)21/h5-14,31H,1-4H3. The number of rotatable bonds is 6. The van der Waals surface area contributed by atoms with Gasteiger partial charge in [-0.15, -0.1) is 0 Å². The third kappa shape index (κ3) is 3.55. The summed E-state index contributed by atoms with van der Waals surface area (Å²) in [6.07, 6.45) is 4.51. The SMILES string of the molecule is COc1cc2c(nc1OC)c(-c1cc3c(C=NO)ccnc3n1S(=O)(=O)c1ccc(C)cc1)cn2C. The molecule has 0 spiro atoms. The van der Waals surface area contributed by atoms with Crippen LogP contribution in [0, 0.1) is 6.92 Å². The Labute approximate surface area is 207 Å². The summed E-state index contributed by atoms with van der Waals surface area (Å²) in [6.45, 7) is 1.89. The Hall–Kier alpha value is -4.38. The number of nitrogens with zero attached hydrogens (tertiary/aromatic N) is 5. The summed E-state index contributed by atoms with van der Waals surface area (Å²) < 4.78 is 41.9. The molecule has 184 valence electrons. The lowest BCUT2D eigenvalue weighted by Gasteiger charge is -2.12. The van der Waals surface area contributed by atoms with Crippen LogP contribution in [0.4, 0.5) is 0 Å². The van der Waals surface area contributed by atoms with E-state index in [0.717, 1.165) is 11.1 Å². The molecule has 0 saturated carbocycles. The van der Waals surface area contributed by atoms with Crippen LogP contribution in [-0.4, -0.2) is 52.6 Å². The van der Waals surface area contributed by atoms with Crippen LogP contribution >= 0.6 is 0 Å². The van der Waals surface area contributed by atoms with Crippen LogP contribution in [0.1, 0.15) is 11.1 Å². The summed E-state index contributed by atoms with van der Waals surface area (Å²) in [5, 5.41) is 12.8. The molecular formula is C25H23N5O5S. The van der Waals surface area contributed by atoms with Gasteiger partial charge >= 0.3 is 0 Å². The Morgan fingerprint density at radius 3 is 2.50 bits per heavy atom. The van der Waals surface area contributed by atoms with Gasteiger partial charge in [0.15, 0.2) is 11.4 Å². The lowest BCUT2D eigenvalue weighted by atomic mass is 10.1. The molecule has 0 aliphatic rings. The van der Waals surface area contributed by atoms with Gasteiger partial charge in [0.1, 0.15) is 5.52 Å². The summed E-state index contributed by atoms with van der Waals surface area (Å²) in [4.78, 5) is 9.14. The highest BCUT2D eigenvalue weighted by molar-refractivity contribution is 7.90. The monoisotopic (exact) mass is 505 g/mol. The molecule has 0 amide bonds. The van der Waals surface area contributed by atoms with Crippen molar-refractivity contribution in [2.45, 2.75) is 11.8 Å². The molecular weight excluding hydrogens is 482 g/mol. The second kappa shape index (κ2) is 8.68. The average Bonchev–Trinajstić information content (AvgIpc) is 3.42. The van der Waals surface area contributed by atoms with Crippen molar-refractivity contribution in [2.24, 2.45) is 12.2 Å². The third-order valence-electron chi connectivity index (χ3n) is 6.03. The Balaban J connectivity index is 1.90. The molecule has 0 fully saturated rings. The van der Waals surface area contributed by atoms with Gasteiger partial charge in [-0.3, -0.25) is 0 Å². The Morgan fingerprint density at radius 2 is 1.83 bits per heavy atom. The lowest BCUT2D eigenvalue weighted by molar-refractivity contribution is 0.322. The predicted molar refractivity (Wildman–Crippen MR) is 136 cm³/mol. The van der Waals surface area contributed by atoms with Crippen LogP contribution in [0.5, 0.6) is 11.6 Å². The number of methoxy groups -OCH3 is 2. The van der Waals surface area contributed by atoms with Crippen LogP contribution in [-0.2, 0) is 17.1 Å². The Bertz CT molecular complexity index is 1750. The minimum atomic E-state index is -4.08. The molecule has 36 heavy (non-hydrogen) atoms. The zero-order chi connectivity index (χ0) is 25.6. The van der Waals surface area contributed by atoms with E-state index in [1.165, 1.54) is 30.6 Å². The molecule has 5 aromatic rings. The van der Waals surface area contributed by atoms with Crippen molar-refractivity contribution in [3.8, 4) is 22.9 Å². The van der Waals surface area contributed by atoms with Crippen molar-refractivity contribution in [3.05, 3.63) is 66.0 Å². The molecule has 0 unspecified atom stereocenters. The van der Waals surface area contributed by atoms with Crippen LogP contribution in [0.25, 0.3) is 33.3 Å². The summed E-state index contributed by atoms with van der Waals surface area (Å²) in [5.74, 6) is 0.724.